The van der Waals surface area contributed by atoms with E-state index in [0.29, 0.717) is 11.4 Å². The summed E-state index contributed by atoms with van der Waals surface area (Å²) >= 11 is 0. The van der Waals surface area contributed by atoms with Gasteiger partial charge in [-0.1, -0.05) is 32.0 Å². The van der Waals surface area contributed by atoms with Crippen LogP contribution in [0.25, 0.3) is 0 Å². The van der Waals surface area contributed by atoms with Crippen LogP contribution in [0.15, 0.2) is 48.5 Å². The first-order chi connectivity index (χ1) is 12.8. The number of nitrogens with one attached hydrogen (secondary N) is 2. The number of rotatable bonds is 8. The van der Waals surface area contributed by atoms with Gasteiger partial charge in [-0.3, -0.25) is 9.59 Å². The van der Waals surface area contributed by atoms with E-state index < -0.39 is 6.04 Å². The van der Waals surface area contributed by atoms with Crippen molar-refractivity contribution in [3.63, 3.8) is 0 Å². The molecule has 0 saturated carbocycles. The highest BCUT2D eigenvalue weighted by Gasteiger charge is 2.17. The fourth-order valence-electron chi connectivity index (χ4n) is 2.20. The molecular weight excluding hydrogens is 385 g/mol. The average Bonchev–Trinajstić information content (AvgIpc) is 2.65. The quantitative estimate of drug-likeness (QED) is 0.625. The standard InChI is InChI=1S/C20H24FN3O3.ClH/c1-13(2)19(22)20(26)23-11-18(25)24-16-4-3-5-17(10-16)27-12-14-6-8-15(21)9-7-14;/h3-10,13,19H,11-12,22H2,1-2H3,(H,23,26)(H,24,25);1H/t19-;/m0./s1. The Kier molecular flexibility index (Phi) is 9.41. The summed E-state index contributed by atoms with van der Waals surface area (Å²) in [6.45, 7) is 3.78. The number of hydrogen-bond acceptors (Lipinski definition) is 4. The lowest BCUT2D eigenvalue weighted by Gasteiger charge is -2.15. The van der Waals surface area contributed by atoms with Crippen molar-refractivity contribution in [2.45, 2.75) is 26.5 Å². The molecule has 2 amide bonds. The molecule has 0 aliphatic carbocycles. The topological polar surface area (TPSA) is 93.5 Å². The predicted octanol–water partition coefficient (Wildman–Crippen LogP) is 2.86. The largest absolute Gasteiger partial charge is 0.489 e. The summed E-state index contributed by atoms with van der Waals surface area (Å²) in [5.41, 5.74) is 7.10. The molecule has 0 aromatic heterocycles. The van der Waals surface area contributed by atoms with Crippen molar-refractivity contribution in [1.29, 1.82) is 0 Å². The van der Waals surface area contributed by atoms with Gasteiger partial charge in [-0.25, -0.2) is 4.39 Å². The maximum atomic E-state index is 12.9. The normalized spacial score (nSPS) is 11.3. The smallest absolute Gasteiger partial charge is 0.243 e. The highest BCUT2D eigenvalue weighted by atomic mass is 35.5. The van der Waals surface area contributed by atoms with Gasteiger partial charge >= 0.3 is 0 Å². The maximum absolute atomic E-state index is 12.9. The van der Waals surface area contributed by atoms with E-state index in [2.05, 4.69) is 10.6 Å². The van der Waals surface area contributed by atoms with Gasteiger partial charge in [0.25, 0.3) is 0 Å². The first-order valence-electron chi connectivity index (χ1n) is 8.65. The molecule has 28 heavy (non-hydrogen) atoms. The van der Waals surface area contributed by atoms with Gasteiger partial charge in [0.1, 0.15) is 18.2 Å². The van der Waals surface area contributed by atoms with E-state index in [0.717, 1.165) is 5.56 Å². The minimum atomic E-state index is -0.652. The molecule has 8 heteroatoms. The van der Waals surface area contributed by atoms with Crippen LogP contribution in [0.1, 0.15) is 19.4 Å². The van der Waals surface area contributed by atoms with Crippen molar-refractivity contribution in [3.8, 4) is 5.75 Å². The molecule has 6 nitrogen and oxygen atoms in total. The third-order valence-corrected chi connectivity index (χ3v) is 3.88. The van der Waals surface area contributed by atoms with Gasteiger partial charge in [0.15, 0.2) is 0 Å². The van der Waals surface area contributed by atoms with Crippen LogP contribution in [0, 0.1) is 11.7 Å². The lowest BCUT2D eigenvalue weighted by atomic mass is 10.1. The van der Waals surface area contributed by atoms with E-state index in [1.54, 1.807) is 36.4 Å². The Bertz CT molecular complexity index is 785. The summed E-state index contributed by atoms with van der Waals surface area (Å²) in [5, 5.41) is 5.20. The minimum Gasteiger partial charge on any atom is -0.489 e. The predicted molar refractivity (Wildman–Crippen MR) is 109 cm³/mol. The Hall–Kier alpha value is -2.64. The second-order valence-corrected chi connectivity index (χ2v) is 6.48. The number of nitrogens with two attached hydrogens (primary N) is 1. The van der Waals surface area contributed by atoms with Crippen molar-refractivity contribution in [3.05, 3.63) is 59.9 Å². The summed E-state index contributed by atoms with van der Waals surface area (Å²) < 4.78 is 18.6. The third kappa shape index (κ3) is 7.54. The monoisotopic (exact) mass is 409 g/mol. The molecule has 0 heterocycles. The summed E-state index contributed by atoms with van der Waals surface area (Å²) in [7, 11) is 0. The van der Waals surface area contributed by atoms with Crippen LogP contribution in [-0.4, -0.2) is 24.4 Å². The van der Waals surface area contributed by atoms with Crippen molar-refractivity contribution in [2.75, 3.05) is 11.9 Å². The molecule has 0 aliphatic heterocycles. The molecule has 0 aliphatic rings. The van der Waals surface area contributed by atoms with Crippen molar-refractivity contribution in [2.24, 2.45) is 11.7 Å². The number of benzene rings is 2. The summed E-state index contributed by atoms with van der Waals surface area (Å²) in [5.74, 6) is -0.484. The van der Waals surface area contributed by atoms with Crippen LogP contribution in [0.5, 0.6) is 5.75 Å². The molecule has 2 rings (SSSR count). The number of carbonyl (C=O) groups excluding carboxylic acids is 2. The summed E-state index contributed by atoms with van der Waals surface area (Å²) in [4.78, 5) is 23.8. The first-order valence-corrected chi connectivity index (χ1v) is 8.65. The number of anilines is 1. The first kappa shape index (κ1) is 23.4. The number of amides is 2. The Morgan fingerprint density at radius 1 is 1.14 bits per heavy atom. The fourth-order valence-corrected chi connectivity index (χ4v) is 2.20. The average molecular weight is 410 g/mol. The summed E-state index contributed by atoms with van der Waals surface area (Å²) in [6.07, 6.45) is 0. The molecule has 152 valence electrons. The zero-order valence-corrected chi connectivity index (χ0v) is 16.6. The number of halogens is 2. The van der Waals surface area contributed by atoms with Crippen LogP contribution in [0.4, 0.5) is 10.1 Å². The Balaban J connectivity index is 0.00000392. The van der Waals surface area contributed by atoms with Gasteiger partial charge < -0.3 is 21.1 Å². The van der Waals surface area contributed by atoms with E-state index >= 15 is 0 Å². The van der Waals surface area contributed by atoms with E-state index in [1.807, 2.05) is 13.8 Å². The number of ether oxygens (including phenoxy) is 1. The number of hydrogen-bond donors (Lipinski definition) is 3. The number of carbonyl (C=O) groups is 2. The van der Waals surface area contributed by atoms with E-state index in [9.17, 15) is 14.0 Å². The second-order valence-electron chi connectivity index (χ2n) is 6.48. The lowest BCUT2D eigenvalue weighted by molar-refractivity contribution is -0.125. The van der Waals surface area contributed by atoms with Crippen LogP contribution in [0.2, 0.25) is 0 Å². The fraction of sp³-hybridized carbons (Fsp3) is 0.300. The van der Waals surface area contributed by atoms with Crippen LogP contribution in [0.3, 0.4) is 0 Å². The van der Waals surface area contributed by atoms with Gasteiger partial charge in [-0.2, -0.15) is 0 Å². The lowest BCUT2D eigenvalue weighted by Crippen LogP contribution is -2.46. The molecule has 2 aromatic rings. The third-order valence-electron chi connectivity index (χ3n) is 3.88. The molecule has 0 radical (unpaired) electrons. The van der Waals surface area contributed by atoms with Gasteiger partial charge in [-0.15, -0.1) is 12.4 Å². The molecule has 2 aromatic carbocycles. The molecule has 0 bridgehead atoms. The molecule has 0 spiro atoms. The van der Waals surface area contributed by atoms with Gasteiger partial charge in [0.05, 0.1) is 12.6 Å². The molecule has 0 saturated heterocycles. The van der Waals surface area contributed by atoms with E-state index in [1.165, 1.54) is 12.1 Å². The highest BCUT2D eigenvalue weighted by molar-refractivity contribution is 5.95. The molecule has 1 atom stereocenters. The molecule has 0 fully saturated rings. The van der Waals surface area contributed by atoms with Gasteiger partial charge in [0, 0.05) is 11.8 Å². The van der Waals surface area contributed by atoms with Crippen molar-refractivity contribution < 1.29 is 18.7 Å². The van der Waals surface area contributed by atoms with Crippen LogP contribution < -0.4 is 21.1 Å². The van der Waals surface area contributed by atoms with Crippen molar-refractivity contribution in [1.82, 2.24) is 5.32 Å². The Morgan fingerprint density at radius 2 is 1.82 bits per heavy atom. The van der Waals surface area contributed by atoms with Gasteiger partial charge in [0.2, 0.25) is 11.8 Å². The SMILES string of the molecule is CC(C)[C@H](N)C(=O)NCC(=O)Nc1cccc(OCc2ccc(F)cc2)c1.Cl. The Morgan fingerprint density at radius 3 is 2.46 bits per heavy atom. The van der Waals surface area contributed by atoms with Crippen LogP contribution in [-0.2, 0) is 16.2 Å². The van der Waals surface area contributed by atoms with Crippen molar-refractivity contribution >= 4 is 29.9 Å². The minimum absolute atomic E-state index is 0. The molecule has 4 N–H and O–H groups in total. The van der Waals surface area contributed by atoms with Crippen LogP contribution >= 0.6 is 12.4 Å². The zero-order valence-electron chi connectivity index (χ0n) is 15.8. The van der Waals surface area contributed by atoms with E-state index in [-0.39, 0.29) is 49.1 Å². The maximum Gasteiger partial charge on any atom is 0.243 e. The van der Waals surface area contributed by atoms with Gasteiger partial charge in [-0.05, 0) is 35.7 Å². The summed E-state index contributed by atoms with van der Waals surface area (Å²) in [6, 6.07) is 12.3. The second kappa shape index (κ2) is 11.3. The Labute approximate surface area is 170 Å². The zero-order chi connectivity index (χ0) is 19.8. The molecular formula is C20H25ClFN3O3. The highest BCUT2D eigenvalue weighted by Crippen LogP contribution is 2.18. The van der Waals surface area contributed by atoms with E-state index in [4.69, 9.17) is 10.5 Å². The molecule has 0 unspecified atom stereocenters.